The van der Waals surface area contributed by atoms with E-state index in [1.165, 1.54) is 0 Å². The summed E-state index contributed by atoms with van der Waals surface area (Å²) in [5.74, 6) is 0.885. The summed E-state index contributed by atoms with van der Waals surface area (Å²) >= 11 is 0. The fourth-order valence-corrected chi connectivity index (χ4v) is 1.73. The molecule has 3 heteroatoms. The van der Waals surface area contributed by atoms with E-state index in [1.54, 1.807) is 0 Å². The smallest absolute Gasteiger partial charge is 0.124 e. The minimum atomic E-state index is -0.0695. The lowest BCUT2D eigenvalue weighted by Crippen LogP contribution is -2.37. The summed E-state index contributed by atoms with van der Waals surface area (Å²) in [7, 11) is 0. The second-order valence-corrected chi connectivity index (χ2v) is 3.37. The second kappa shape index (κ2) is 3.98. The molecule has 1 aliphatic rings. The van der Waals surface area contributed by atoms with Gasteiger partial charge in [-0.05, 0) is 13.0 Å². The molecule has 2 N–H and O–H groups in total. The van der Waals surface area contributed by atoms with Crippen LogP contribution in [0.1, 0.15) is 18.5 Å². The van der Waals surface area contributed by atoms with Crippen molar-refractivity contribution in [3.63, 3.8) is 0 Å². The van der Waals surface area contributed by atoms with Crippen molar-refractivity contribution in [2.45, 2.75) is 19.1 Å². The zero-order chi connectivity index (χ0) is 9.97. The maximum absolute atomic E-state index is 6.07. The van der Waals surface area contributed by atoms with Crippen molar-refractivity contribution in [2.24, 2.45) is 5.73 Å². The van der Waals surface area contributed by atoms with Crippen LogP contribution in [0.2, 0.25) is 0 Å². The van der Waals surface area contributed by atoms with Gasteiger partial charge < -0.3 is 15.2 Å². The average Bonchev–Trinajstić information content (AvgIpc) is 2.23. The fraction of sp³-hybridized carbons (Fsp3) is 0.455. The van der Waals surface area contributed by atoms with Crippen molar-refractivity contribution < 1.29 is 9.47 Å². The van der Waals surface area contributed by atoms with Gasteiger partial charge in [-0.3, -0.25) is 0 Å². The molecule has 1 heterocycles. The standard InChI is InChI=1S/C11H15NO2/c1-2-13-10-7-14-9-6-4-3-5-8(9)11(10)12/h3-6,10-11H,2,7,12H2,1H3/t10-,11-/m0/s1. The monoisotopic (exact) mass is 193 g/mol. The molecule has 1 aliphatic heterocycles. The minimum Gasteiger partial charge on any atom is -0.490 e. The quantitative estimate of drug-likeness (QED) is 0.773. The zero-order valence-electron chi connectivity index (χ0n) is 8.27. The van der Waals surface area contributed by atoms with Crippen LogP contribution < -0.4 is 10.5 Å². The molecule has 0 aromatic heterocycles. The summed E-state index contributed by atoms with van der Waals surface area (Å²) in [6.45, 7) is 3.18. The Morgan fingerprint density at radius 2 is 2.29 bits per heavy atom. The van der Waals surface area contributed by atoms with Gasteiger partial charge in [-0.1, -0.05) is 18.2 Å². The molecule has 3 nitrogen and oxygen atoms in total. The minimum absolute atomic E-state index is 0.0186. The molecular formula is C11H15NO2. The first-order valence-electron chi connectivity index (χ1n) is 4.92. The Morgan fingerprint density at radius 3 is 3.07 bits per heavy atom. The van der Waals surface area contributed by atoms with Gasteiger partial charge in [-0.2, -0.15) is 0 Å². The van der Waals surface area contributed by atoms with E-state index in [0.717, 1.165) is 11.3 Å². The van der Waals surface area contributed by atoms with Crippen LogP contribution in [0, 0.1) is 0 Å². The first kappa shape index (κ1) is 9.49. The van der Waals surface area contributed by atoms with Crippen LogP contribution in [-0.4, -0.2) is 19.3 Å². The molecule has 2 rings (SSSR count). The van der Waals surface area contributed by atoms with Gasteiger partial charge in [-0.25, -0.2) is 0 Å². The number of para-hydroxylation sites is 1. The van der Waals surface area contributed by atoms with Gasteiger partial charge >= 0.3 is 0 Å². The van der Waals surface area contributed by atoms with Crippen LogP contribution >= 0.6 is 0 Å². The molecule has 1 aromatic carbocycles. The molecule has 0 aliphatic carbocycles. The van der Waals surface area contributed by atoms with E-state index in [0.29, 0.717) is 13.2 Å². The van der Waals surface area contributed by atoms with Gasteiger partial charge in [0.25, 0.3) is 0 Å². The molecule has 0 bridgehead atoms. The maximum atomic E-state index is 6.07. The number of hydrogen-bond donors (Lipinski definition) is 1. The van der Waals surface area contributed by atoms with Crippen LogP contribution in [-0.2, 0) is 4.74 Å². The Bertz CT molecular complexity index is 314. The summed E-state index contributed by atoms with van der Waals surface area (Å²) in [4.78, 5) is 0. The van der Waals surface area contributed by atoms with Crippen molar-refractivity contribution in [2.75, 3.05) is 13.2 Å². The molecule has 0 spiro atoms. The zero-order valence-corrected chi connectivity index (χ0v) is 8.27. The molecule has 0 fully saturated rings. The predicted octanol–water partition coefficient (Wildman–Crippen LogP) is 1.48. The highest BCUT2D eigenvalue weighted by atomic mass is 16.5. The Morgan fingerprint density at radius 1 is 1.50 bits per heavy atom. The van der Waals surface area contributed by atoms with E-state index < -0.39 is 0 Å². The Balaban J connectivity index is 2.22. The molecular weight excluding hydrogens is 178 g/mol. The summed E-state index contributed by atoms with van der Waals surface area (Å²) in [6, 6.07) is 7.78. The van der Waals surface area contributed by atoms with Gasteiger partial charge in [0.05, 0.1) is 6.04 Å². The summed E-state index contributed by atoms with van der Waals surface area (Å²) in [6.07, 6.45) is -0.0186. The molecule has 1 aromatic rings. The van der Waals surface area contributed by atoms with E-state index >= 15 is 0 Å². The van der Waals surface area contributed by atoms with E-state index in [4.69, 9.17) is 15.2 Å². The average molecular weight is 193 g/mol. The topological polar surface area (TPSA) is 44.5 Å². The highest BCUT2D eigenvalue weighted by Crippen LogP contribution is 2.31. The third-order valence-corrected chi connectivity index (χ3v) is 2.46. The summed E-state index contributed by atoms with van der Waals surface area (Å²) < 4.78 is 11.1. The second-order valence-electron chi connectivity index (χ2n) is 3.37. The number of ether oxygens (including phenoxy) is 2. The number of benzene rings is 1. The third-order valence-electron chi connectivity index (χ3n) is 2.46. The molecule has 76 valence electrons. The van der Waals surface area contributed by atoms with Crippen molar-refractivity contribution >= 4 is 0 Å². The predicted molar refractivity (Wildman–Crippen MR) is 54.3 cm³/mol. The third kappa shape index (κ3) is 1.61. The molecule has 0 saturated carbocycles. The molecule has 0 unspecified atom stereocenters. The van der Waals surface area contributed by atoms with E-state index in [9.17, 15) is 0 Å². The Kier molecular flexibility index (Phi) is 2.70. The molecule has 0 saturated heterocycles. The number of fused-ring (bicyclic) bond motifs is 1. The van der Waals surface area contributed by atoms with Crippen LogP contribution in [0.4, 0.5) is 0 Å². The lowest BCUT2D eigenvalue weighted by molar-refractivity contribution is -0.000341. The van der Waals surface area contributed by atoms with Crippen molar-refractivity contribution in [3.05, 3.63) is 29.8 Å². The van der Waals surface area contributed by atoms with Gasteiger partial charge in [-0.15, -0.1) is 0 Å². The molecule has 0 radical (unpaired) electrons. The highest BCUT2D eigenvalue weighted by molar-refractivity contribution is 5.38. The van der Waals surface area contributed by atoms with Crippen LogP contribution in [0.15, 0.2) is 24.3 Å². The first-order chi connectivity index (χ1) is 6.83. The van der Waals surface area contributed by atoms with Crippen LogP contribution in [0.5, 0.6) is 5.75 Å². The van der Waals surface area contributed by atoms with E-state index in [1.807, 2.05) is 31.2 Å². The Hall–Kier alpha value is -1.06. The van der Waals surface area contributed by atoms with Gasteiger partial charge in [0.1, 0.15) is 18.5 Å². The number of nitrogens with two attached hydrogens (primary N) is 1. The molecule has 0 amide bonds. The van der Waals surface area contributed by atoms with Gasteiger partial charge in [0, 0.05) is 12.2 Å². The Labute approximate surface area is 83.8 Å². The van der Waals surface area contributed by atoms with Crippen molar-refractivity contribution in [3.8, 4) is 5.75 Å². The molecule has 14 heavy (non-hydrogen) atoms. The maximum Gasteiger partial charge on any atom is 0.124 e. The highest BCUT2D eigenvalue weighted by Gasteiger charge is 2.27. The largest absolute Gasteiger partial charge is 0.490 e. The number of hydrogen-bond acceptors (Lipinski definition) is 3. The number of rotatable bonds is 2. The lowest BCUT2D eigenvalue weighted by atomic mass is 9.99. The molecule has 2 atom stereocenters. The normalized spacial score (nSPS) is 25.3. The van der Waals surface area contributed by atoms with E-state index in [2.05, 4.69) is 0 Å². The summed E-state index contributed by atoms with van der Waals surface area (Å²) in [5, 5.41) is 0. The van der Waals surface area contributed by atoms with Crippen LogP contribution in [0.25, 0.3) is 0 Å². The SMILES string of the molecule is CCO[C@H]1COc2ccccc2[C@@H]1N. The fourth-order valence-electron chi connectivity index (χ4n) is 1.73. The van der Waals surface area contributed by atoms with Crippen molar-refractivity contribution in [1.29, 1.82) is 0 Å². The van der Waals surface area contributed by atoms with Crippen LogP contribution in [0.3, 0.4) is 0 Å². The first-order valence-corrected chi connectivity index (χ1v) is 4.92. The van der Waals surface area contributed by atoms with Crippen molar-refractivity contribution in [1.82, 2.24) is 0 Å². The summed E-state index contributed by atoms with van der Waals surface area (Å²) in [5.41, 5.74) is 7.11. The lowest BCUT2D eigenvalue weighted by Gasteiger charge is -2.30. The van der Waals surface area contributed by atoms with Gasteiger partial charge in [0.2, 0.25) is 0 Å². The van der Waals surface area contributed by atoms with Gasteiger partial charge in [0.15, 0.2) is 0 Å². The van der Waals surface area contributed by atoms with E-state index in [-0.39, 0.29) is 12.1 Å².